The van der Waals surface area contributed by atoms with Gasteiger partial charge in [0.15, 0.2) is 0 Å². The SMILES string of the molecule is O=C(C1CCCCC1)N1CCN(c2nnc(Cc3ccc(F)cc3)s2)CC1. The van der Waals surface area contributed by atoms with Crippen molar-refractivity contribution in [2.24, 2.45) is 5.92 Å². The largest absolute Gasteiger partial charge is 0.343 e. The van der Waals surface area contributed by atoms with Crippen molar-refractivity contribution < 1.29 is 9.18 Å². The number of amides is 1. The van der Waals surface area contributed by atoms with Gasteiger partial charge in [0.1, 0.15) is 10.8 Å². The van der Waals surface area contributed by atoms with E-state index in [1.165, 1.54) is 31.4 Å². The first-order chi connectivity index (χ1) is 13.2. The van der Waals surface area contributed by atoms with Gasteiger partial charge in [-0.3, -0.25) is 4.79 Å². The van der Waals surface area contributed by atoms with Gasteiger partial charge in [0.2, 0.25) is 11.0 Å². The minimum Gasteiger partial charge on any atom is -0.343 e. The summed E-state index contributed by atoms with van der Waals surface area (Å²) in [6.07, 6.45) is 6.44. The molecule has 0 atom stereocenters. The Morgan fingerprint density at radius 3 is 2.44 bits per heavy atom. The molecule has 0 radical (unpaired) electrons. The van der Waals surface area contributed by atoms with Crippen LogP contribution in [0.15, 0.2) is 24.3 Å². The molecule has 0 N–H and O–H groups in total. The lowest BCUT2D eigenvalue weighted by Gasteiger charge is -2.36. The molecule has 2 aromatic rings. The maximum Gasteiger partial charge on any atom is 0.225 e. The first-order valence-corrected chi connectivity index (χ1v) is 10.6. The molecule has 1 aromatic heterocycles. The van der Waals surface area contributed by atoms with Gasteiger partial charge in [-0.05, 0) is 30.5 Å². The fourth-order valence-electron chi connectivity index (χ4n) is 3.95. The molecule has 7 heteroatoms. The van der Waals surface area contributed by atoms with Crippen LogP contribution in [0.2, 0.25) is 0 Å². The maximum absolute atomic E-state index is 13.0. The van der Waals surface area contributed by atoms with Crippen LogP contribution >= 0.6 is 11.3 Å². The van der Waals surface area contributed by atoms with Crippen molar-refractivity contribution in [1.29, 1.82) is 0 Å². The van der Waals surface area contributed by atoms with E-state index in [-0.39, 0.29) is 11.7 Å². The number of carbonyl (C=O) groups excluding carboxylic acids is 1. The van der Waals surface area contributed by atoms with Crippen molar-refractivity contribution in [3.63, 3.8) is 0 Å². The Balaban J connectivity index is 1.31. The summed E-state index contributed by atoms with van der Waals surface area (Å²) >= 11 is 1.58. The number of carbonyl (C=O) groups is 1. The van der Waals surface area contributed by atoms with Gasteiger partial charge in [-0.15, -0.1) is 10.2 Å². The summed E-state index contributed by atoms with van der Waals surface area (Å²) in [5.74, 6) is 0.370. The lowest BCUT2D eigenvalue weighted by Crippen LogP contribution is -2.50. The molecule has 1 amide bonds. The number of benzene rings is 1. The summed E-state index contributed by atoms with van der Waals surface area (Å²) in [5, 5.41) is 10.5. The molecule has 144 valence electrons. The Bertz CT molecular complexity index is 765. The van der Waals surface area contributed by atoms with Crippen LogP contribution < -0.4 is 4.90 Å². The Labute approximate surface area is 163 Å². The molecule has 27 heavy (non-hydrogen) atoms. The number of rotatable bonds is 4. The Kier molecular flexibility index (Phi) is 5.66. The highest BCUT2D eigenvalue weighted by Crippen LogP contribution is 2.27. The number of halogens is 1. The second-order valence-corrected chi connectivity index (χ2v) is 8.47. The zero-order valence-electron chi connectivity index (χ0n) is 15.4. The molecule has 1 saturated carbocycles. The summed E-state index contributed by atoms with van der Waals surface area (Å²) in [4.78, 5) is 16.9. The van der Waals surface area contributed by atoms with E-state index < -0.39 is 0 Å². The van der Waals surface area contributed by atoms with Crippen LogP contribution in [0, 0.1) is 11.7 Å². The van der Waals surface area contributed by atoms with Crippen molar-refractivity contribution in [1.82, 2.24) is 15.1 Å². The Morgan fingerprint density at radius 1 is 1.04 bits per heavy atom. The minimum absolute atomic E-state index is 0.225. The fourth-order valence-corrected chi connectivity index (χ4v) is 4.87. The molecule has 0 bridgehead atoms. The third kappa shape index (κ3) is 4.46. The summed E-state index contributed by atoms with van der Waals surface area (Å²) in [6, 6.07) is 6.51. The van der Waals surface area contributed by atoms with E-state index in [0.717, 1.165) is 54.7 Å². The van der Waals surface area contributed by atoms with E-state index in [1.807, 2.05) is 4.90 Å². The third-order valence-corrected chi connectivity index (χ3v) is 6.53. The first kappa shape index (κ1) is 18.3. The first-order valence-electron chi connectivity index (χ1n) is 9.79. The van der Waals surface area contributed by atoms with E-state index in [0.29, 0.717) is 12.3 Å². The third-order valence-electron chi connectivity index (χ3n) is 5.54. The topological polar surface area (TPSA) is 49.3 Å². The summed E-state index contributed by atoms with van der Waals surface area (Å²) in [7, 11) is 0. The monoisotopic (exact) mass is 388 g/mol. The number of nitrogens with zero attached hydrogens (tertiary/aromatic N) is 4. The number of hydrogen-bond donors (Lipinski definition) is 0. The number of piperazine rings is 1. The predicted octanol–water partition coefficient (Wildman–Crippen LogP) is 3.50. The van der Waals surface area contributed by atoms with Crippen LogP contribution in [-0.2, 0) is 11.2 Å². The average Bonchev–Trinajstić information content (AvgIpc) is 3.18. The molecule has 2 aliphatic rings. The lowest BCUT2D eigenvalue weighted by atomic mass is 9.88. The molecule has 1 saturated heterocycles. The molecular formula is C20H25FN4OS. The highest BCUT2D eigenvalue weighted by atomic mass is 32.1. The molecule has 1 aromatic carbocycles. The number of anilines is 1. The van der Waals surface area contributed by atoms with Crippen LogP contribution in [-0.4, -0.2) is 47.2 Å². The zero-order chi connectivity index (χ0) is 18.6. The van der Waals surface area contributed by atoms with Gasteiger partial charge in [-0.2, -0.15) is 0 Å². The van der Waals surface area contributed by atoms with E-state index in [1.54, 1.807) is 23.5 Å². The van der Waals surface area contributed by atoms with Crippen LogP contribution in [0.5, 0.6) is 0 Å². The standard InChI is InChI=1S/C20H25FN4OS/c21-17-8-6-15(7-9-17)14-18-22-23-20(27-18)25-12-10-24(11-13-25)19(26)16-4-2-1-3-5-16/h6-9,16H,1-5,10-14H2. The maximum atomic E-state index is 13.0. The minimum atomic E-state index is -0.225. The van der Waals surface area contributed by atoms with Gasteiger partial charge in [0.25, 0.3) is 0 Å². The Hall–Kier alpha value is -2.02. The number of hydrogen-bond acceptors (Lipinski definition) is 5. The molecule has 2 heterocycles. The predicted molar refractivity (Wildman–Crippen MR) is 104 cm³/mol. The molecule has 0 spiro atoms. The number of aromatic nitrogens is 2. The van der Waals surface area contributed by atoms with E-state index in [2.05, 4.69) is 15.1 Å². The van der Waals surface area contributed by atoms with Crippen LogP contribution in [0.1, 0.15) is 42.7 Å². The van der Waals surface area contributed by atoms with Crippen LogP contribution in [0.4, 0.5) is 9.52 Å². The summed E-state index contributed by atoms with van der Waals surface area (Å²) in [5.41, 5.74) is 1.03. The smallest absolute Gasteiger partial charge is 0.225 e. The lowest BCUT2D eigenvalue weighted by molar-refractivity contribution is -0.136. The summed E-state index contributed by atoms with van der Waals surface area (Å²) < 4.78 is 13.0. The zero-order valence-corrected chi connectivity index (χ0v) is 16.3. The van der Waals surface area contributed by atoms with Gasteiger partial charge in [0, 0.05) is 38.5 Å². The van der Waals surface area contributed by atoms with E-state index >= 15 is 0 Å². The highest BCUT2D eigenvalue weighted by molar-refractivity contribution is 7.15. The summed E-state index contributed by atoms with van der Waals surface area (Å²) in [6.45, 7) is 3.15. The van der Waals surface area contributed by atoms with Crippen LogP contribution in [0.25, 0.3) is 0 Å². The Morgan fingerprint density at radius 2 is 1.74 bits per heavy atom. The second-order valence-electron chi connectivity index (χ2n) is 7.43. The van der Waals surface area contributed by atoms with Crippen molar-refractivity contribution in [2.75, 3.05) is 31.1 Å². The molecule has 4 rings (SSSR count). The molecule has 2 fully saturated rings. The van der Waals surface area contributed by atoms with Crippen molar-refractivity contribution >= 4 is 22.4 Å². The molecule has 1 aliphatic heterocycles. The molecule has 5 nitrogen and oxygen atoms in total. The van der Waals surface area contributed by atoms with Crippen molar-refractivity contribution in [3.8, 4) is 0 Å². The van der Waals surface area contributed by atoms with Gasteiger partial charge in [-0.1, -0.05) is 42.7 Å². The van der Waals surface area contributed by atoms with E-state index in [9.17, 15) is 9.18 Å². The fraction of sp³-hybridized carbons (Fsp3) is 0.550. The molecule has 1 aliphatic carbocycles. The normalized spacial score (nSPS) is 18.7. The van der Waals surface area contributed by atoms with E-state index in [4.69, 9.17) is 0 Å². The average molecular weight is 389 g/mol. The van der Waals surface area contributed by atoms with Gasteiger partial charge < -0.3 is 9.80 Å². The van der Waals surface area contributed by atoms with Gasteiger partial charge in [0.05, 0.1) is 0 Å². The second kappa shape index (κ2) is 8.33. The van der Waals surface area contributed by atoms with Crippen molar-refractivity contribution in [3.05, 3.63) is 40.7 Å². The van der Waals surface area contributed by atoms with Gasteiger partial charge >= 0.3 is 0 Å². The van der Waals surface area contributed by atoms with Gasteiger partial charge in [-0.25, -0.2) is 4.39 Å². The molecule has 0 unspecified atom stereocenters. The molecular weight excluding hydrogens is 363 g/mol. The van der Waals surface area contributed by atoms with Crippen LogP contribution in [0.3, 0.4) is 0 Å². The van der Waals surface area contributed by atoms with Crippen molar-refractivity contribution in [2.45, 2.75) is 38.5 Å². The quantitative estimate of drug-likeness (QED) is 0.804. The highest BCUT2D eigenvalue weighted by Gasteiger charge is 2.29.